The highest BCUT2D eigenvalue weighted by atomic mass is 32.1. The van der Waals surface area contributed by atoms with Crippen LogP contribution in [0.3, 0.4) is 0 Å². The molecular weight excluding hydrogens is 158 g/mol. The number of hydrogen-bond donors (Lipinski definition) is 1. The molecule has 11 heavy (non-hydrogen) atoms. The zero-order valence-electron chi connectivity index (χ0n) is 6.68. The standard InChI is InChI=1S/C8H11NOS/c1-3-9-8(10)7-6(2)4-5-11-7/h4-5H,3H2,1-2H3,(H,9,10). The monoisotopic (exact) mass is 169 g/mol. The molecule has 0 radical (unpaired) electrons. The van der Waals surface area contributed by atoms with Crippen molar-refractivity contribution in [3.05, 3.63) is 21.9 Å². The lowest BCUT2D eigenvalue weighted by atomic mass is 10.3. The maximum absolute atomic E-state index is 11.2. The summed E-state index contributed by atoms with van der Waals surface area (Å²) in [6.45, 7) is 4.55. The zero-order valence-corrected chi connectivity index (χ0v) is 7.49. The first kappa shape index (κ1) is 8.27. The fourth-order valence-corrected chi connectivity index (χ4v) is 1.69. The van der Waals surface area contributed by atoms with E-state index in [9.17, 15) is 4.79 Å². The van der Waals surface area contributed by atoms with Gasteiger partial charge in [-0.2, -0.15) is 0 Å². The second kappa shape index (κ2) is 3.53. The number of nitrogens with one attached hydrogen (secondary N) is 1. The molecule has 0 aliphatic rings. The van der Waals surface area contributed by atoms with Gasteiger partial charge in [0, 0.05) is 6.54 Å². The van der Waals surface area contributed by atoms with E-state index in [-0.39, 0.29) is 5.91 Å². The number of carbonyl (C=O) groups excluding carboxylic acids is 1. The fraction of sp³-hybridized carbons (Fsp3) is 0.375. The van der Waals surface area contributed by atoms with Gasteiger partial charge in [0.1, 0.15) is 0 Å². The first-order valence-electron chi connectivity index (χ1n) is 3.58. The number of rotatable bonds is 2. The Morgan fingerprint density at radius 1 is 1.73 bits per heavy atom. The van der Waals surface area contributed by atoms with Crippen molar-refractivity contribution in [1.82, 2.24) is 5.32 Å². The third kappa shape index (κ3) is 1.80. The molecule has 3 heteroatoms. The van der Waals surface area contributed by atoms with Crippen LogP contribution in [0, 0.1) is 6.92 Å². The fourth-order valence-electron chi connectivity index (χ4n) is 0.846. The summed E-state index contributed by atoms with van der Waals surface area (Å²) in [5.74, 6) is 0.0417. The molecule has 1 N–H and O–H groups in total. The van der Waals surface area contributed by atoms with Gasteiger partial charge in [-0.1, -0.05) is 0 Å². The van der Waals surface area contributed by atoms with Crippen LogP contribution in [-0.4, -0.2) is 12.5 Å². The molecule has 0 unspecified atom stereocenters. The van der Waals surface area contributed by atoms with Crippen LogP contribution in [0.5, 0.6) is 0 Å². The van der Waals surface area contributed by atoms with Crippen molar-refractivity contribution in [3.63, 3.8) is 0 Å². The average Bonchev–Trinajstić information content (AvgIpc) is 2.36. The minimum atomic E-state index is 0.0417. The summed E-state index contributed by atoms with van der Waals surface area (Å²) in [5, 5.41) is 4.69. The maximum Gasteiger partial charge on any atom is 0.261 e. The largest absolute Gasteiger partial charge is 0.352 e. The quantitative estimate of drug-likeness (QED) is 0.718. The summed E-state index contributed by atoms with van der Waals surface area (Å²) in [4.78, 5) is 12.1. The summed E-state index contributed by atoms with van der Waals surface area (Å²) in [6.07, 6.45) is 0. The third-order valence-electron chi connectivity index (χ3n) is 1.41. The lowest BCUT2D eigenvalue weighted by Gasteiger charge is -1.98. The smallest absolute Gasteiger partial charge is 0.261 e. The summed E-state index contributed by atoms with van der Waals surface area (Å²) >= 11 is 1.49. The Labute approximate surface area is 70.2 Å². The summed E-state index contributed by atoms with van der Waals surface area (Å²) in [5.41, 5.74) is 1.06. The van der Waals surface area contributed by atoms with E-state index < -0.39 is 0 Å². The van der Waals surface area contributed by atoms with E-state index in [0.717, 1.165) is 10.4 Å². The molecule has 0 atom stereocenters. The van der Waals surface area contributed by atoms with E-state index in [0.29, 0.717) is 6.54 Å². The van der Waals surface area contributed by atoms with Crippen molar-refractivity contribution in [1.29, 1.82) is 0 Å². The Bertz CT molecular complexity index is 254. The molecular formula is C8H11NOS. The molecule has 1 rings (SSSR count). The number of amides is 1. The van der Waals surface area contributed by atoms with Gasteiger partial charge >= 0.3 is 0 Å². The maximum atomic E-state index is 11.2. The molecule has 0 fully saturated rings. The van der Waals surface area contributed by atoms with Crippen LogP contribution < -0.4 is 5.32 Å². The highest BCUT2D eigenvalue weighted by Gasteiger charge is 2.07. The second-order valence-corrected chi connectivity index (χ2v) is 3.21. The van der Waals surface area contributed by atoms with Gasteiger partial charge in [0.25, 0.3) is 5.91 Å². The third-order valence-corrected chi connectivity index (χ3v) is 2.42. The minimum Gasteiger partial charge on any atom is -0.352 e. The van der Waals surface area contributed by atoms with Crippen molar-refractivity contribution >= 4 is 17.2 Å². The molecule has 0 aliphatic heterocycles. The van der Waals surface area contributed by atoms with E-state index in [1.165, 1.54) is 11.3 Å². The number of aryl methyl sites for hydroxylation is 1. The van der Waals surface area contributed by atoms with E-state index in [4.69, 9.17) is 0 Å². The first-order chi connectivity index (χ1) is 5.25. The highest BCUT2D eigenvalue weighted by Crippen LogP contribution is 2.14. The van der Waals surface area contributed by atoms with Crippen LogP contribution in [0.4, 0.5) is 0 Å². The highest BCUT2D eigenvalue weighted by molar-refractivity contribution is 7.12. The number of thiophene rings is 1. The molecule has 0 aromatic carbocycles. The van der Waals surface area contributed by atoms with Gasteiger partial charge < -0.3 is 5.32 Å². The van der Waals surface area contributed by atoms with Gasteiger partial charge in [0.2, 0.25) is 0 Å². The van der Waals surface area contributed by atoms with Crippen LogP contribution in [0.15, 0.2) is 11.4 Å². The molecule has 2 nitrogen and oxygen atoms in total. The molecule has 60 valence electrons. The first-order valence-corrected chi connectivity index (χ1v) is 4.46. The number of carbonyl (C=O) groups is 1. The summed E-state index contributed by atoms with van der Waals surface area (Å²) in [6, 6.07) is 1.95. The molecule has 0 aliphatic carbocycles. The molecule has 1 heterocycles. The molecule has 0 saturated heterocycles. The van der Waals surface area contributed by atoms with Crippen LogP contribution in [0.25, 0.3) is 0 Å². The molecule has 1 aromatic heterocycles. The van der Waals surface area contributed by atoms with Crippen molar-refractivity contribution < 1.29 is 4.79 Å². The van der Waals surface area contributed by atoms with Gasteiger partial charge in [-0.15, -0.1) is 11.3 Å². The van der Waals surface area contributed by atoms with Crippen LogP contribution in [0.1, 0.15) is 22.2 Å². The molecule has 1 amide bonds. The molecule has 0 spiro atoms. The normalized spacial score (nSPS) is 9.64. The van der Waals surface area contributed by atoms with Crippen LogP contribution in [0.2, 0.25) is 0 Å². The van der Waals surface area contributed by atoms with Gasteiger partial charge in [-0.25, -0.2) is 0 Å². The van der Waals surface area contributed by atoms with E-state index in [2.05, 4.69) is 5.32 Å². The van der Waals surface area contributed by atoms with E-state index >= 15 is 0 Å². The summed E-state index contributed by atoms with van der Waals surface area (Å²) < 4.78 is 0. The van der Waals surface area contributed by atoms with Crippen molar-refractivity contribution in [2.75, 3.05) is 6.54 Å². The Morgan fingerprint density at radius 3 is 2.91 bits per heavy atom. The predicted octanol–water partition coefficient (Wildman–Crippen LogP) is 1.81. The van der Waals surface area contributed by atoms with Crippen molar-refractivity contribution in [2.24, 2.45) is 0 Å². The predicted molar refractivity (Wildman–Crippen MR) is 47.1 cm³/mol. The second-order valence-electron chi connectivity index (χ2n) is 2.29. The minimum absolute atomic E-state index is 0.0417. The van der Waals surface area contributed by atoms with E-state index in [1.54, 1.807) is 0 Å². The molecule has 0 saturated carbocycles. The van der Waals surface area contributed by atoms with Crippen LogP contribution >= 0.6 is 11.3 Å². The molecule has 0 bridgehead atoms. The lowest BCUT2D eigenvalue weighted by molar-refractivity contribution is 0.0959. The average molecular weight is 169 g/mol. The SMILES string of the molecule is CCNC(=O)c1sccc1C. The molecule has 1 aromatic rings. The van der Waals surface area contributed by atoms with Gasteiger partial charge in [-0.05, 0) is 30.9 Å². The Morgan fingerprint density at radius 2 is 2.45 bits per heavy atom. The number of hydrogen-bond acceptors (Lipinski definition) is 2. The topological polar surface area (TPSA) is 29.1 Å². The van der Waals surface area contributed by atoms with Gasteiger partial charge in [0.15, 0.2) is 0 Å². The summed E-state index contributed by atoms with van der Waals surface area (Å²) in [7, 11) is 0. The van der Waals surface area contributed by atoms with E-state index in [1.807, 2.05) is 25.3 Å². The Kier molecular flexibility index (Phi) is 2.65. The van der Waals surface area contributed by atoms with Gasteiger partial charge in [-0.3, -0.25) is 4.79 Å². The van der Waals surface area contributed by atoms with Crippen molar-refractivity contribution in [2.45, 2.75) is 13.8 Å². The Hall–Kier alpha value is -0.830. The van der Waals surface area contributed by atoms with Crippen LogP contribution in [-0.2, 0) is 0 Å². The Balaban J connectivity index is 2.76. The zero-order chi connectivity index (χ0) is 8.27. The van der Waals surface area contributed by atoms with Crippen molar-refractivity contribution in [3.8, 4) is 0 Å². The lowest BCUT2D eigenvalue weighted by Crippen LogP contribution is -2.22. The van der Waals surface area contributed by atoms with Gasteiger partial charge in [0.05, 0.1) is 4.88 Å².